The van der Waals surface area contributed by atoms with Crippen molar-refractivity contribution in [3.63, 3.8) is 0 Å². The molecule has 156 valence electrons. The molecule has 0 rings (SSSR count). The molecule has 9 heteroatoms. The molecule has 25 heavy (non-hydrogen) atoms. The maximum absolute atomic E-state index is 8.88. The molecule has 0 unspecified atom stereocenters. The van der Waals surface area contributed by atoms with Crippen LogP contribution in [0.25, 0.3) is 0 Å². The van der Waals surface area contributed by atoms with Crippen LogP contribution in [0.2, 0.25) is 17.7 Å². The monoisotopic (exact) mass is 638 g/mol. The van der Waals surface area contributed by atoms with Gasteiger partial charge in [0.1, 0.15) is 0 Å². The first-order valence-corrected chi connectivity index (χ1v) is 28.9. The van der Waals surface area contributed by atoms with Gasteiger partial charge in [0.15, 0.2) is 0 Å². The number of halogens is 2. The summed E-state index contributed by atoms with van der Waals surface area (Å²) in [5.74, 6) is 0. The van der Waals surface area contributed by atoms with E-state index in [0.717, 1.165) is 0 Å². The number of rotatable bonds is 12. The summed E-state index contributed by atoms with van der Waals surface area (Å²) in [6, 6.07) is 0. The molecule has 0 aliphatic heterocycles. The SMILES string of the molecule is CCC[CH2][SnH]([Cl])[CH2]CCC.CCC[CH2][SnH]([Cl])[CH2]CCC.O=P(O)(O)O. The maximum atomic E-state index is 8.88. The Labute approximate surface area is 177 Å². The zero-order valence-corrected chi connectivity index (χ0v) is 25.6. The minimum atomic E-state index is -4.64. The van der Waals surface area contributed by atoms with Gasteiger partial charge < -0.3 is 14.7 Å². The minimum absolute atomic E-state index is 1.33. The molecule has 0 saturated heterocycles. The Morgan fingerprint density at radius 1 is 0.640 bits per heavy atom. The van der Waals surface area contributed by atoms with Crippen LogP contribution in [0.3, 0.4) is 0 Å². The molecule has 0 aromatic rings. The Morgan fingerprint density at radius 3 is 0.920 bits per heavy atom. The van der Waals surface area contributed by atoms with Crippen LogP contribution in [-0.4, -0.2) is 51.9 Å². The Balaban J connectivity index is -0.000000308. The molecular formula is C16H41Cl2O4PSn2. The summed E-state index contributed by atoms with van der Waals surface area (Å²) >= 11 is -2.77. The molecule has 0 aliphatic carbocycles. The number of hydrogen-bond acceptors (Lipinski definition) is 1. The van der Waals surface area contributed by atoms with Crippen LogP contribution < -0.4 is 0 Å². The van der Waals surface area contributed by atoms with Gasteiger partial charge in [0.05, 0.1) is 0 Å². The van der Waals surface area contributed by atoms with Gasteiger partial charge in [-0.25, -0.2) is 4.57 Å². The quantitative estimate of drug-likeness (QED) is 0.177. The number of hydrogen-bond donors (Lipinski definition) is 3. The molecule has 0 radical (unpaired) electrons. The van der Waals surface area contributed by atoms with E-state index < -0.39 is 45.1 Å². The molecule has 3 N–H and O–H groups in total. The summed E-state index contributed by atoms with van der Waals surface area (Å²) in [4.78, 5) is 21.6. The van der Waals surface area contributed by atoms with Gasteiger partial charge in [0.25, 0.3) is 0 Å². The predicted molar refractivity (Wildman–Crippen MR) is 119 cm³/mol. The van der Waals surface area contributed by atoms with E-state index in [2.05, 4.69) is 27.7 Å². The summed E-state index contributed by atoms with van der Waals surface area (Å²) in [6.45, 7) is 8.98. The van der Waals surface area contributed by atoms with E-state index in [1.807, 2.05) is 0 Å². The summed E-state index contributed by atoms with van der Waals surface area (Å²) in [7, 11) is 7.86. The predicted octanol–water partition coefficient (Wildman–Crippen LogP) is 6.17. The van der Waals surface area contributed by atoms with Crippen molar-refractivity contribution in [1.29, 1.82) is 0 Å². The van der Waals surface area contributed by atoms with E-state index in [-0.39, 0.29) is 0 Å². The first kappa shape index (κ1) is 32.0. The van der Waals surface area contributed by atoms with E-state index >= 15 is 0 Å². The number of unbranched alkanes of at least 4 members (excludes halogenated alkanes) is 4. The molecule has 0 aromatic heterocycles. The van der Waals surface area contributed by atoms with Crippen LogP contribution in [0, 0.1) is 0 Å². The second kappa shape index (κ2) is 24.3. The Bertz CT molecular complexity index is 255. The van der Waals surface area contributed by atoms with Gasteiger partial charge in [-0.2, -0.15) is 0 Å². The fourth-order valence-corrected chi connectivity index (χ4v) is 17.5. The zero-order valence-electron chi connectivity index (χ0n) is 16.6. The van der Waals surface area contributed by atoms with Crippen LogP contribution in [0.15, 0.2) is 0 Å². The van der Waals surface area contributed by atoms with Crippen molar-refractivity contribution in [3.8, 4) is 0 Å². The molecule has 0 aliphatic rings. The first-order valence-electron chi connectivity index (χ1n) is 9.68. The second-order valence-electron chi connectivity index (χ2n) is 6.28. The van der Waals surface area contributed by atoms with Gasteiger partial charge in [-0.15, -0.1) is 0 Å². The van der Waals surface area contributed by atoms with Crippen molar-refractivity contribution < 1.29 is 19.2 Å². The molecule has 0 atom stereocenters. The van der Waals surface area contributed by atoms with Gasteiger partial charge in [-0.1, -0.05) is 0 Å². The normalized spacial score (nSPS) is 11.0. The molecule has 0 heterocycles. The standard InChI is InChI=1S/4C4H9.2ClH.H3O4P.2Sn.2H/c4*1-3-4-2;;;1-5(2,3)4;;;;/h4*1,3-4H2,2H3;2*1H;(H3,1,2,3,4);;;;/q;;;;;;;2*+1;;/p-2. The summed E-state index contributed by atoms with van der Waals surface area (Å²) in [6.07, 6.45) is 10.8. The van der Waals surface area contributed by atoms with Crippen molar-refractivity contribution in [2.45, 2.75) is 96.8 Å². The van der Waals surface area contributed by atoms with Crippen LogP contribution in [0.5, 0.6) is 0 Å². The van der Waals surface area contributed by atoms with E-state index in [1.165, 1.54) is 69.1 Å². The van der Waals surface area contributed by atoms with Crippen LogP contribution in [0.4, 0.5) is 0 Å². The summed E-state index contributed by atoms with van der Waals surface area (Å²) < 4.78 is 14.5. The van der Waals surface area contributed by atoms with E-state index in [0.29, 0.717) is 0 Å². The first-order chi connectivity index (χ1) is 11.6. The zero-order chi connectivity index (χ0) is 20.1. The van der Waals surface area contributed by atoms with Crippen molar-refractivity contribution in [2.24, 2.45) is 0 Å². The Kier molecular flexibility index (Phi) is 31.1. The largest absolute Gasteiger partial charge is 0.466 e. The molecule has 0 saturated carbocycles. The van der Waals surface area contributed by atoms with Crippen LogP contribution >= 0.6 is 25.7 Å². The topological polar surface area (TPSA) is 77.8 Å². The van der Waals surface area contributed by atoms with E-state index in [9.17, 15) is 0 Å². The van der Waals surface area contributed by atoms with Gasteiger partial charge in [-0.05, 0) is 0 Å². The molecule has 0 bridgehead atoms. The van der Waals surface area contributed by atoms with Crippen LogP contribution in [0.1, 0.15) is 79.1 Å². The maximum Gasteiger partial charge on any atom is 0.466 e. The van der Waals surface area contributed by atoms with Gasteiger partial charge >= 0.3 is 160 Å². The molecule has 0 aromatic carbocycles. The third-order valence-electron chi connectivity index (χ3n) is 3.48. The molecular weight excluding hydrogens is 595 g/mol. The van der Waals surface area contributed by atoms with Gasteiger partial charge in [-0.3, -0.25) is 0 Å². The van der Waals surface area contributed by atoms with E-state index in [4.69, 9.17) is 37.1 Å². The third kappa shape index (κ3) is 46.4. The fourth-order valence-electron chi connectivity index (χ4n) is 1.99. The average molecular weight is 637 g/mol. The third-order valence-corrected chi connectivity index (χ3v) is 21.2. The van der Waals surface area contributed by atoms with Crippen molar-refractivity contribution in [2.75, 3.05) is 0 Å². The van der Waals surface area contributed by atoms with E-state index in [1.54, 1.807) is 0 Å². The van der Waals surface area contributed by atoms with Gasteiger partial charge in [0, 0.05) is 0 Å². The fraction of sp³-hybridized carbons (Fsp3) is 1.00. The Morgan fingerprint density at radius 2 is 0.800 bits per heavy atom. The molecule has 0 spiro atoms. The van der Waals surface area contributed by atoms with Crippen LogP contribution in [-0.2, 0) is 4.57 Å². The average Bonchev–Trinajstić information content (AvgIpc) is 2.53. The summed E-state index contributed by atoms with van der Waals surface area (Å²) in [5, 5.41) is 0. The van der Waals surface area contributed by atoms with Gasteiger partial charge in [0.2, 0.25) is 0 Å². The van der Waals surface area contributed by atoms with Crippen molar-refractivity contribution >= 4 is 62.9 Å². The number of phosphoric acid groups is 1. The Hall–Kier alpha value is 2.29. The molecule has 4 nitrogen and oxygen atoms in total. The molecule has 0 fully saturated rings. The van der Waals surface area contributed by atoms with Crippen molar-refractivity contribution in [1.82, 2.24) is 0 Å². The second-order valence-corrected chi connectivity index (χ2v) is 29.0. The smallest absolute Gasteiger partial charge is 0.303 e. The minimum Gasteiger partial charge on any atom is -0.303 e. The van der Waals surface area contributed by atoms with Crippen molar-refractivity contribution in [3.05, 3.63) is 0 Å². The molecule has 0 amide bonds. The summed E-state index contributed by atoms with van der Waals surface area (Å²) in [5.41, 5.74) is 0.